The van der Waals surface area contributed by atoms with Crippen LogP contribution in [0, 0.1) is 10.1 Å². The lowest BCUT2D eigenvalue weighted by atomic mass is 10.1. The molecule has 2 aromatic carbocycles. The molecule has 3 rings (SSSR count). The molecule has 0 saturated carbocycles. The number of aliphatic carboxylic acids is 1. The van der Waals surface area contributed by atoms with Crippen LogP contribution in [0.5, 0.6) is 0 Å². The van der Waals surface area contributed by atoms with E-state index < -0.39 is 16.8 Å². The number of hydrazone groups is 1. The van der Waals surface area contributed by atoms with Gasteiger partial charge in [0, 0.05) is 34.3 Å². The van der Waals surface area contributed by atoms with Crippen molar-refractivity contribution in [3.63, 3.8) is 0 Å². The Labute approximate surface area is 159 Å². The van der Waals surface area contributed by atoms with Gasteiger partial charge in [-0.15, -0.1) is 0 Å². The third-order valence-corrected chi connectivity index (χ3v) is 4.06. The number of nitrogens with one attached hydrogen (secondary N) is 1. The minimum atomic E-state index is -0.970. The van der Waals surface area contributed by atoms with Gasteiger partial charge in [0.2, 0.25) is 5.91 Å². The van der Waals surface area contributed by atoms with E-state index >= 15 is 0 Å². The number of fused-ring (bicyclic) bond motifs is 1. The van der Waals surface area contributed by atoms with Crippen LogP contribution < -0.4 is 5.43 Å². The number of aromatic nitrogens is 1. The van der Waals surface area contributed by atoms with Crippen LogP contribution in [-0.4, -0.2) is 32.7 Å². The highest BCUT2D eigenvalue weighted by Gasteiger charge is 2.15. The Bertz CT molecular complexity index is 1090. The Morgan fingerprint density at radius 3 is 2.64 bits per heavy atom. The lowest BCUT2D eigenvalue weighted by molar-refractivity contribution is -0.385. The van der Waals surface area contributed by atoms with Crippen molar-refractivity contribution in [2.24, 2.45) is 5.10 Å². The Morgan fingerprint density at radius 2 is 1.89 bits per heavy atom. The summed E-state index contributed by atoms with van der Waals surface area (Å²) in [5, 5.41) is 24.7. The average Bonchev–Trinajstić information content (AvgIpc) is 2.99. The zero-order valence-electron chi connectivity index (χ0n) is 14.6. The molecule has 0 atom stereocenters. The van der Waals surface area contributed by atoms with Crippen LogP contribution in [0.1, 0.15) is 11.1 Å². The molecule has 0 saturated heterocycles. The molecule has 1 aromatic heterocycles. The maximum absolute atomic E-state index is 12.1. The highest BCUT2D eigenvalue weighted by atomic mass is 16.6. The first kappa shape index (κ1) is 18.8. The Balaban J connectivity index is 1.74. The molecule has 0 unspecified atom stereocenters. The summed E-state index contributed by atoms with van der Waals surface area (Å²) in [6.07, 6.45) is 2.86. The number of para-hydroxylation sites is 2. The van der Waals surface area contributed by atoms with E-state index in [0.717, 1.165) is 10.9 Å². The minimum absolute atomic E-state index is 0.127. The maximum Gasteiger partial charge on any atom is 0.323 e. The first-order valence-electron chi connectivity index (χ1n) is 8.29. The van der Waals surface area contributed by atoms with Crippen LogP contribution >= 0.6 is 0 Å². The van der Waals surface area contributed by atoms with Crippen molar-refractivity contribution in [3.05, 3.63) is 76.0 Å². The maximum atomic E-state index is 12.1. The monoisotopic (exact) mass is 380 g/mol. The van der Waals surface area contributed by atoms with E-state index in [2.05, 4.69) is 10.5 Å². The topological polar surface area (TPSA) is 127 Å². The standard InChI is InChI=1S/C19H16N4O5/c24-18(9-13-5-1-3-7-16(13)23(27)28)21-20-10-14-11-22(12-19(25)26)17-8-4-2-6-15(14)17/h1-8,10-11H,9,12H2,(H,21,24)(H,25,26). The molecular weight excluding hydrogens is 364 g/mol. The third-order valence-electron chi connectivity index (χ3n) is 4.06. The largest absolute Gasteiger partial charge is 0.480 e. The zero-order chi connectivity index (χ0) is 20.1. The highest BCUT2D eigenvalue weighted by molar-refractivity contribution is 6.00. The van der Waals surface area contributed by atoms with Crippen LogP contribution in [0.2, 0.25) is 0 Å². The van der Waals surface area contributed by atoms with Gasteiger partial charge in [-0.3, -0.25) is 19.7 Å². The number of carbonyl (C=O) groups excluding carboxylic acids is 1. The summed E-state index contributed by atoms with van der Waals surface area (Å²) < 4.78 is 1.58. The van der Waals surface area contributed by atoms with Crippen LogP contribution in [-0.2, 0) is 22.6 Å². The number of benzene rings is 2. The molecule has 0 aliphatic carbocycles. The summed E-state index contributed by atoms with van der Waals surface area (Å²) in [6.45, 7) is -0.196. The van der Waals surface area contributed by atoms with Crippen molar-refractivity contribution in [2.45, 2.75) is 13.0 Å². The number of carboxylic acids is 1. The number of nitro benzene ring substituents is 1. The number of hydrogen-bond acceptors (Lipinski definition) is 5. The molecule has 0 aliphatic rings. The number of hydrogen-bond donors (Lipinski definition) is 2. The van der Waals surface area contributed by atoms with Crippen molar-refractivity contribution < 1.29 is 19.6 Å². The average molecular weight is 380 g/mol. The molecule has 1 amide bonds. The lowest BCUT2D eigenvalue weighted by Crippen LogP contribution is -2.20. The Kier molecular flexibility index (Phi) is 5.45. The number of rotatable bonds is 7. The number of nitrogens with zero attached hydrogens (tertiary/aromatic N) is 3. The van der Waals surface area contributed by atoms with Crippen molar-refractivity contribution in [3.8, 4) is 0 Å². The van der Waals surface area contributed by atoms with E-state index in [1.807, 2.05) is 12.1 Å². The first-order valence-corrected chi connectivity index (χ1v) is 8.29. The smallest absolute Gasteiger partial charge is 0.323 e. The number of nitro groups is 1. The molecule has 9 nitrogen and oxygen atoms in total. The van der Waals surface area contributed by atoms with E-state index in [9.17, 15) is 19.7 Å². The molecule has 3 aromatic rings. The number of carbonyl (C=O) groups is 2. The van der Waals surface area contributed by atoms with Gasteiger partial charge in [-0.25, -0.2) is 5.43 Å². The van der Waals surface area contributed by atoms with Crippen molar-refractivity contribution in [2.75, 3.05) is 0 Å². The SMILES string of the molecule is O=C(O)Cn1cc(C=NNC(=O)Cc2ccccc2[N+](=O)[O-])c2ccccc21. The molecule has 1 heterocycles. The highest BCUT2D eigenvalue weighted by Crippen LogP contribution is 2.20. The zero-order valence-corrected chi connectivity index (χ0v) is 14.6. The normalized spacial score (nSPS) is 11.0. The number of amides is 1. The van der Waals surface area contributed by atoms with E-state index in [-0.39, 0.29) is 18.7 Å². The molecule has 0 radical (unpaired) electrons. The molecule has 0 aliphatic heterocycles. The van der Waals surface area contributed by atoms with E-state index in [1.54, 1.807) is 29.0 Å². The van der Waals surface area contributed by atoms with Crippen molar-refractivity contribution in [1.82, 2.24) is 9.99 Å². The fourth-order valence-corrected chi connectivity index (χ4v) is 2.88. The minimum Gasteiger partial charge on any atom is -0.480 e. The summed E-state index contributed by atoms with van der Waals surface area (Å²) in [6, 6.07) is 13.2. The van der Waals surface area contributed by atoms with Gasteiger partial charge in [0.15, 0.2) is 0 Å². The molecule has 9 heteroatoms. The van der Waals surface area contributed by atoms with Gasteiger partial charge >= 0.3 is 5.97 Å². The van der Waals surface area contributed by atoms with Crippen molar-refractivity contribution >= 4 is 34.7 Å². The third kappa shape index (κ3) is 4.21. The van der Waals surface area contributed by atoms with Gasteiger partial charge in [0.25, 0.3) is 5.69 Å². The fourth-order valence-electron chi connectivity index (χ4n) is 2.88. The molecule has 142 valence electrons. The predicted octanol–water partition coefficient (Wildman–Crippen LogP) is 2.33. The van der Waals surface area contributed by atoms with Gasteiger partial charge in [-0.2, -0.15) is 5.10 Å². The van der Waals surface area contributed by atoms with E-state index in [4.69, 9.17) is 5.11 Å². The van der Waals surface area contributed by atoms with Crippen LogP contribution in [0.3, 0.4) is 0 Å². The summed E-state index contributed by atoms with van der Waals surface area (Å²) >= 11 is 0. The molecule has 0 fully saturated rings. The predicted molar refractivity (Wildman–Crippen MR) is 102 cm³/mol. The second-order valence-corrected chi connectivity index (χ2v) is 5.98. The van der Waals surface area contributed by atoms with Gasteiger partial charge in [0.05, 0.1) is 17.6 Å². The Morgan fingerprint density at radius 1 is 1.18 bits per heavy atom. The fraction of sp³-hybridized carbons (Fsp3) is 0.105. The van der Waals surface area contributed by atoms with Crippen LogP contribution in [0.4, 0.5) is 5.69 Å². The van der Waals surface area contributed by atoms with E-state index in [1.165, 1.54) is 24.4 Å². The second kappa shape index (κ2) is 8.12. The van der Waals surface area contributed by atoms with Gasteiger partial charge in [0.1, 0.15) is 6.54 Å². The second-order valence-electron chi connectivity index (χ2n) is 5.98. The number of carboxylic acid groups (broad SMARTS) is 1. The molecule has 0 bridgehead atoms. The van der Waals surface area contributed by atoms with E-state index in [0.29, 0.717) is 11.1 Å². The molecular formula is C19H16N4O5. The Hall–Kier alpha value is -4.01. The summed E-state index contributed by atoms with van der Waals surface area (Å²) in [5.74, 6) is -1.47. The van der Waals surface area contributed by atoms with Crippen molar-refractivity contribution in [1.29, 1.82) is 0 Å². The van der Waals surface area contributed by atoms with Crippen LogP contribution in [0.25, 0.3) is 10.9 Å². The van der Waals surface area contributed by atoms with Gasteiger partial charge < -0.3 is 9.67 Å². The molecule has 28 heavy (non-hydrogen) atoms. The lowest BCUT2D eigenvalue weighted by Gasteiger charge is -2.01. The summed E-state index contributed by atoms with van der Waals surface area (Å²) in [4.78, 5) is 33.5. The summed E-state index contributed by atoms with van der Waals surface area (Å²) in [7, 11) is 0. The van der Waals surface area contributed by atoms with Crippen LogP contribution in [0.15, 0.2) is 59.8 Å². The quantitative estimate of drug-likeness (QED) is 0.369. The van der Waals surface area contributed by atoms with Gasteiger partial charge in [-0.1, -0.05) is 36.4 Å². The molecule has 0 spiro atoms. The van der Waals surface area contributed by atoms with Gasteiger partial charge in [-0.05, 0) is 6.07 Å². The molecule has 2 N–H and O–H groups in total. The first-order chi connectivity index (χ1) is 13.5. The summed E-state index contributed by atoms with van der Waals surface area (Å²) in [5.41, 5.74) is 3.88.